The molecule has 3 aromatic rings. The number of aliphatic imine (C=N–C) groups is 1. The molecule has 0 fully saturated rings. The molecule has 1 heterocycles. The van der Waals surface area contributed by atoms with Crippen LogP contribution in [0.15, 0.2) is 72.4 Å². The van der Waals surface area contributed by atoms with Gasteiger partial charge in [0.05, 0.1) is 21.4 Å². The van der Waals surface area contributed by atoms with Crippen LogP contribution < -0.4 is 0 Å². The van der Waals surface area contributed by atoms with Crippen molar-refractivity contribution in [1.29, 1.82) is 0 Å². The first kappa shape index (κ1) is 17.5. The van der Waals surface area contributed by atoms with Gasteiger partial charge < -0.3 is 4.42 Å². The summed E-state index contributed by atoms with van der Waals surface area (Å²) >= 11 is 16.5. The molecule has 2 nitrogen and oxygen atoms in total. The summed E-state index contributed by atoms with van der Waals surface area (Å²) in [5.41, 5.74) is 0.542. The highest BCUT2D eigenvalue weighted by atomic mass is 79.9. The standard InChI is InChI=1S/C17H9BrCl2FNOS/c18-14-8-12(9-22-11-3-6-16(21)15(20)7-11)23-17(14)24-13-4-1-10(19)2-5-13/h1-9H. The average molecular weight is 445 g/mol. The van der Waals surface area contributed by atoms with Gasteiger partial charge in [-0.25, -0.2) is 4.39 Å². The summed E-state index contributed by atoms with van der Waals surface area (Å²) in [6.45, 7) is 0. The Labute approximate surface area is 160 Å². The fraction of sp³-hybridized carbons (Fsp3) is 0. The van der Waals surface area contributed by atoms with E-state index in [4.69, 9.17) is 27.6 Å². The Kier molecular flexibility index (Phi) is 5.66. The molecule has 0 spiro atoms. The van der Waals surface area contributed by atoms with Crippen LogP contribution in [0.25, 0.3) is 0 Å². The first-order chi connectivity index (χ1) is 11.5. The number of hydrogen-bond donors (Lipinski definition) is 0. The van der Waals surface area contributed by atoms with Crippen LogP contribution in [0.4, 0.5) is 10.1 Å². The third kappa shape index (κ3) is 4.42. The van der Waals surface area contributed by atoms with E-state index in [1.54, 1.807) is 12.3 Å². The van der Waals surface area contributed by atoms with Crippen LogP contribution in [0.2, 0.25) is 10.0 Å². The predicted octanol–water partition coefficient (Wildman–Crippen LogP) is 7.39. The van der Waals surface area contributed by atoms with E-state index in [9.17, 15) is 4.39 Å². The number of furan rings is 1. The van der Waals surface area contributed by atoms with E-state index < -0.39 is 5.82 Å². The van der Waals surface area contributed by atoms with Crippen molar-refractivity contribution in [2.24, 2.45) is 4.99 Å². The maximum Gasteiger partial charge on any atom is 0.179 e. The topological polar surface area (TPSA) is 25.5 Å². The molecule has 0 unspecified atom stereocenters. The normalized spacial score (nSPS) is 11.3. The van der Waals surface area contributed by atoms with Crippen molar-refractivity contribution in [3.8, 4) is 0 Å². The van der Waals surface area contributed by atoms with Gasteiger partial charge in [0, 0.05) is 16.0 Å². The van der Waals surface area contributed by atoms with Crippen LogP contribution in [0.3, 0.4) is 0 Å². The Morgan fingerprint density at radius 3 is 2.54 bits per heavy atom. The Morgan fingerprint density at radius 2 is 1.83 bits per heavy atom. The number of halogens is 4. The second-order valence-corrected chi connectivity index (χ2v) is 7.44. The second kappa shape index (κ2) is 7.74. The number of nitrogens with zero attached hydrogens (tertiary/aromatic N) is 1. The summed E-state index contributed by atoms with van der Waals surface area (Å²) in [6, 6.07) is 13.5. The maximum absolute atomic E-state index is 13.1. The van der Waals surface area contributed by atoms with E-state index in [0.29, 0.717) is 21.6 Å². The highest BCUT2D eigenvalue weighted by Crippen LogP contribution is 2.36. The minimum Gasteiger partial charge on any atom is -0.447 e. The van der Waals surface area contributed by atoms with Gasteiger partial charge in [-0.2, -0.15) is 0 Å². The van der Waals surface area contributed by atoms with Gasteiger partial charge in [0.1, 0.15) is 11.6 Å². The van der Waals surface area contributed by atoms with E-state index in [0.717, 1.165) is 9.37 Å². The van der Waals surface area contributed by atoms with E-state index >= 15 is 0 Å². The highest BCUT2D eigenvalue weighted by molar-refractivity contribution is 9.10. The van der Waals surface area contributed by atoms with Gasteiger partial charge in [0.2, 0.25) is 0 Å². The Balaban J connectivity index is 1.76. The molecule has 0 saturated carbocycles. The quantitative estimate of drug-likeness (QED) is 0.392. The minimum absolute atomic E-state index is 0.0317. The van der Waals surface area contributed by atoms with Gasteiger partial charge >= 0.3 is 0 Å². The molecule has 122 valence electrons. The summed E-state index contributed by atoms with van der Waals surface area (Å²) in [6.07, 6.45) is 1.56. The smallest absolute Gasteiger partial charge is 0.179 e. The summed E-state index contributed by atoms with van der Waals surface area (Å²) < 4.78 is 19.7. The molecule has 0 bridgehead atoms. The fourth-order valence-corrected chi connectivity index (χ4v) is 3.45. The van der Waals surface area contributed by atoms with E-state index in [2.05, 4.69) is 20.9 Å². The molecule has 3 rings (SSSR count). The first-order valence-corrected chi connectivity index (χ1v) is 9.10. The van der Waals surface area contributed by atoms with Gasteiger partial charge in [-0.1, -0.05) is 35.0 Å². The molecule has 7 heteroatoms. The van der Waals surface area contributed by atoms with Crippen LogP contribution in [0, 0.1) is 5.82 Å². The molecule has 0 aliphatic rings. The van der Waals surface area contributed by atoms with Gasteiger partial charge in [-0.3, -0.25) is 4.99 Å². The van der Waals surface area contributed by atoms with Crippen LogP contribution >= 0.6 is 50.9 Å². The molecule has 1 aromatic heterocycles. The van der Waals surface area contributed by atoms with Crippen molar-refractivity contribution in [2.45, 2.75) is 9.99 Å². The van der Waals surface area contributed by atoms with Gasteiger partial charge in [-0.05, 0) is 58.4 Å². The molecule has 2 aromatic carbocycles. The summed E-state index contributed by atoms with van der Waals surface area (Å²) in [4.78, 5) is 5.24. The molecular weight excluding hydrogens is 436 g/mol. The SMILES string of the molecule is Fc1ccc(N=Cc2cc(Br)c(Sc3ccc(Cl)cc3)o2)cc1Cl. The van der Waals surface area contributed by atoms with Crippen LogP contribution in [0.5, 0.6) is 0 Å². The monoisotopic (exact) mass is 443 g/mol. The molecule has 0 radical (unpaired) electrons. The number of rotatable bonds is 4. The van der Waals surface area contributed by atoms with Crippen molar-refractivity contribution >= 4 is 62.8 Å². The van der Waals surface area contributed by atoms with Crippen molar-refractivity contribution < 1.29 is 8.81 Å². The summed E-state index contributed by atoms with van der Waals surface area (Å²) in [7, 11) is 0. The lowest BCUT2D eigenvalue weighted by Crippen LogP contribution is -1.77. The number of benzene rings is 2. The summed E-state index contributed by atoms with van der Waals surface area (Å²) in [5, 5.41) is 1.42. The Bertz CT molecular complexity index is 896. The lowest BCUT2D eigenvalue weighted by Gasteiger charge is -1.98. The van der Waals surface area contributed by atoms with Crippen LogP contribution in [-0.4, -0.2) is 6.21 Å². The minimum atomic E-state index is -0.474. The molecular formula is C17H9BrCl2FNOS. The molecule has 0 saturated heterocycles. The Hall–Kier alpha value is -1.27. The fourth-order valence-electron chi connectivity index (χ4n) is 1.82. The molecule has 0 aliphatic carbocycles. The summed E-state index contributed by atoms with van der Waals surface area (Å²) in [5.74, 6) is 0.0943. The predicted molar refractivity (Wildman–Crippen MR) is 101 cm³/mol. The first-order valence-electron chi connectivity index (χ1n) is 6.73. The van der Waals surface area contributed by atoms with Crippen molar-refractivity contribution in [2.75, 3.05) is 0 Å². The van der Waals surface area contributed by atoms with Gasteiger partial charge in [0.15, 0.2) is 5.09 Å². The zero-order chi connectivity index (χ0) is 17.1. The van der Waals surface area contributed by atoms with Crippen molar-refractivity contribution in [3.05, 3.63) is 74.6 Å². The van der Waals surface area contributed by atoms with Crippen LogP contribution in [-0.2, 0) is 0 Å². The third-order valence-corrected chi connectivity index (χ3v) is 5.33. The average Bonchev–Trinajstić information content (AvgIpc) is 2.91. The zero-order valence-corrected chi connectivity index (χ0v) is 15.9. The van der Waals surface area contributed by atoms with E-state index in [-0.39, 0.29) is 5.02 Å². The molecule has 24 heavy (non-hydrogen) atoms. The second-order valence-electron chi connectivity index (χ2n) is 4.70. The molecule has 0 amide bonds. The number of hydrogen-bond acceptors (Lipinski definition) is 3. The third-order valence-electron chi connectivity index (χ3n) is 2.94. The van der Waals surface area contributed by atoms with Gasteiger partial charge in [-0.15, -0.1) is 0 Å². The van der Waals surface area contributed by atoms with Crippen molar-refractivity contribution in [3.63, 3.8) is 0 Å². The molecule has 0 N–H and O–H groups in total. The van der Waals surface area contributed by atoms with Crippen LogP contribution in [0.1, 0.15) is 5.76 Å². The lowest BCUT2D eigenvalue weighted by molar-refractivity contribution is 0.466. The maximum atomic E-state index is 13.1. The van der Waals surface area contributed by atoms with E-state index in [1.165, 1.54) is 23.9 Å². The highest BCUT2D eigenvalue weighted by Gasteiger charge is 2.10. The largest absolute Gasteiger partial charge is 0.447 e. The zero-order valence-electron chi connectivity index (χ0n) is 12.0. The lowest BCUT2D eigenvalue weighted by atomic mass is 10.3. The molecule has 0 atom stereocenters. The van der Waals surface area contributed by atoms with Gasteiger partial charge in [0.25, 0.3) is 0 Å². The van der Waals surface area contributed by atoms with Crippen molar-refractivity contribution in [1.82, 2.24) is 0 Å². The Morgan fingerprint density at radius 1 is 1.08 bits per heavy atom. The van der Waals surface area contributed by atoms with E-state index in [1.807, 2.05) is 30.3 Å². The molecule has 0 aliphatic heterocycles.